The van der Waals surface area contributed by atoms with E-state index in [0.717, 1.165) is 22.3 Å². The van der Waals surface area contributed by atoms with Crippen LogP contribution in [0.25, 0.3) is 11.0 Å². The van der Waals surface area contributed by atoms with E-state index < -0.39 is 0 Å². The highest BCUT2D eigenvalue weighted by molar-refractivity contribution is 5.96. The lowest BCUT2D eigenvalue weighted by Gasteiger charge is -2.27. The summed E-state index contributed by atoms with van der Waals surface area (Å²) in [6.07, 6.45) is 0. The quantitative estimate of drug-likeness (QED) is 0.717. The van der Waals surface area contributed by atoms with Crippen molar-refractivity contribution in [2.24, 2.45) is 0 Å². The highest BCUT2D eigenvalue weighted by atomic mass is 16.3. The molecule has 0 fully saturated rings. The zero-order valence-corrected chi connectivity index (χ0v) is 14.2. The number of nitrogens with zero attached hydrogens (tertiary/aromatic N) is 1. The van der Waals surface area contributed by atoms with Gasteiger partial charge in [0.05, 0.1) is 6.04 Å². The van der Waals surface area contributed by atoms with Crippen molar-refractivity contribution in [2.75, 3.05) is 12.3 Å². The first-order valence-corrected chi connectivity index (χ1v) is 8.16. The fraction of sp³-hybridized carbons (Fsp3) is 0.250. The first kappa shape index (κ1) is 16.1. The van der Waals surface area contributed by atoms with Crippen LogP contribution in [0.5, 0.6) is 0 Å². The summed E-state index contributed by atoms with van der Waals surface area (Å²) in [5.74, 6) is 0.753. The maximum atomic E-state index is 13.0. The molecule has 0 aliphatic carbocycles. The molecular formula is C20H22N2O2. The van der Waals surface area contributed by atoms with Crippen molar-refractivity contribution in [2.45, 2.75) is 26.8 Å². The minimum atomic E-state index is -0.157. The second kappa shape index (κ2) is 6.40. The van der Waals surface area contributed by atoms with Crippen LogP contribution in [0.1, 0.15) is 41.6 Å². The fourth-order valence-electron chi connectivity index (χ4n) is 2.98. The molecule has 1 amide bonds. The summed E-state index contributed by atoms with van der Waals surface area (Å²) in [7, 11) is 0. The van der Waals surface area contributed by atoms with Gasteiger partial charge in [-0.15, -0.1) is 0 Å². The number of benzene rings is 2. The van der Waals surface area contributed by atoms with Gasteiger partial charge in [-0.25, -0.2) is 0 Å². The largest absolute Gasteiger partial charge is 0.459 e. The predicted octanol–water partition coefficient (Wildman–Crippen LogP) is 4.55. The summed E-state index contributed by atoms with van der Waals surface area (Å²) in [6, 6.07) is 15.1. The number of hydrogen-bond donors (Lipinski definition) is 1. The minimum Gasteiger partial charge on any atom is -0.459 e. The smallest absolute Gasteiger partial charge is 0.254 e. The van der Waals surface area contributed by atoms with Gasteiger partial charge in [-0.1, -0.05) is 24.3 Å². The molecule has 24 heavy (non-hydrogen) atoms. The molecule has 0 spiro atoms. The third-order valence-corrected chi connectivity index (χ3v) is 4.42. The number of carbonyl (C=O) groups excluding carboxylic acids is 1. The first-order chi connectivity index (χ1) is 11.5. The summed E-state index contributed by atoms with van der Waals surface area (Å²) >= 11 is 0. The van der Waals surface area contributed by atoms with Crippen molar-refractivity contribution < 1.29 is 9.21 Å². The van der Waals surface area contributed by atoms with E-state index in [2.05, 4.69) is 0 Å². The number of carbonyl (C=O) groups is 1. The van der Waals surface area contributed by atoms with E-state index in [1.807, 2.05) is 63.2 Å². The normalized spacial score (nSPS) is 12.3. The molecule has 2 aromatic carbocycles. The third kappa shape index (κ3) is 2.87. The Morgan fingerprint density at radius 3 is 2.67 bits per heavy atom. The number of aryl methyl sites for hydroxylation is 1. The number of rotatable bonds is 4. The van der Waals surface area contributed by atoms with Gasteiger partial charge in [-0.3, -0.25) is 4.79 Å². The van der Waals surface area contributed by atoms with Crippen molar-refractivity contribution in [1.29, 1.82) is 0 Å². The molecule has 0 saturated carbocycles. The van der Waals surface area contributed by atoms with E-state index >= 15 is 0 Å². The van der Waals surface area contributed by atoms with E-state index in [0.29, 0.717) is 17.8 Å². The van der Waals surface area contributed by atoms with E-state index in [9.17, 15) is 4.79 Å². The molecular weight excluding hydrogens is 300 g/mol. The van der Waals surface area contributed by atoms with Crippen LogP contribution < -0.4 is 5.73 Å². The van der Waals surface area contributed by atoms with Gasteiger partial charge in [-0.2, -0.15) is 0 Å². The average Bonchev–Trinajstić information content (AvgIpc) is 3.01. The van der Waals surface area contributed by atoms with Crippen LogP contribution in [-0.2, 0) is 0 Å². The molecule has 1 atom stereocenters. The molecule has 0 aliphatic rings. The molecule has 2 N–H and O–H groups in total. The standard InChI is InChI=1S/C20H22N2O2/c1-4-22(20(23)17-12-16(21)10-9-13(17)2)14(3)19-11-15-7-5-6-8-18(15)24-19/h5-12,14H,4,21H2,1-3H3. The fourth-order valence-corrected chi connectivity index (χ4v) is 2.98. The van der Waals surface area contributed by atoms with Crippen LogP contribution >= 0.6 is 0 Å². The molecule has 124 valence electrons. The minimum absolute atomic E-state index is 0.0322. The van der Waals surface area contributed by atoms with Crippen LogP contribution in [0.4, 0.5) is 5.69 Å². The first-order valence-electron chi connectivity index (χ1n) is 8.16. The second-order valence-electron chi connectivity index (χ2n) is 6.03. The molecule has 0 radical (unpaired) electrons. The number of amides is 1. The van der Waals surface area contributed by atoms with E-state index in [-0.39, 0.29) is 11.9 Å². The zero-order chi connectivity index (χ0) is 17.3. The van der Waals surface area contributed by atoms with Gasteiger partial charge in [0.2, 0.25) is 0 Å². The number of nitrogen functional groups attached to an aromatic ring is 1. The Morgan fingerprint density at radius 1 is 1.21 bits per heavy atom. The number of nitrogens with two attached hydrogens (primary N) is 1. The molecule has 1 heterocycles. The molecule has 4 nitrogen and oxygen atoms in total. The van der Waals surface area contributed by atoms with Gasteiger partial charge in [0.15, 0.2) is 0 Å². The van der Waals surface area contributed by atoms with Gasteiger partial charge in [0.25, 0.3) is 5.91 Å². The van der Waals surface area contributed by atoms with Crippen LogP contribution in [0.15, 0.2) is 52.9 Å². The molecule has 0 bridgehead atoms. The van der Waals surface area contributed by atoms with Gasteiger partial charge < -0.3 is 15.1 Å². The molecule has 3 aromatic rings. The molecule has 0 saturated heterocycles. The number of hydrogen-bond acceptors (Lipinski definition) is 3. The van der Waals surface area contributed by atoms with E-state index in [1.165, 1.54) is 0 Å². The predicted molar refractivity (Wildman–Crippen MR) is 96.9 cm³/mol. The van der Waals surface area contributed by atoms with Gasteiger partial charge in [0, 0.05) is 23.2 Å². The van der Waals surface area contributed by atoms with Crippen molar-refractivity contribution >= 4 is 22.6 Å². The molecule has 0 aliphatic heterocycles. The number of anilines is 1. The monoisotopic (exact) mass is 322 g/mol. The third-order valence-electron chi connectivity index (χ3n) is 4.42. The Morgan fingerprint density at radius 2 is 1.96 bits per heavy atom. The lowest BCUT2D eigenvalue weighted by atomic mass is 10.1. The summed E-state index contributed by atoms with van der Waals surface area (Å²) in [4.78, 5) is 14.8. The van der Waals surface area contributed by atoms with E-state index in [4.69, 9.17) is 10.2 Å². The SMILES string of the molecule is CCN(C(=O)c1cc(N)ccc1C)C(C)c1cc2ccccc2o1. The van der Waals surface area contributed by atoms with Crippen LogP contribution in [0, 0.1) is 6.92 Å². The van der Waals surface area contributed by atoms with Crippen molar-refractivity contribution in [1.82, 2.24) is 4.90 Å². The number of fused-ring (bicyclic) bond motifs is 1. The summed E-state index contributed by atoms with van der Waals surface area (Å²) in [5.41, 5.74) is 8.85. The van der Waals surface area contributed by atoms with Gasteiger partial charge >= 0.3 is 0 Å². The summed E-state index contributed by atoms with van der Waals surface area (Å²) in [6.45, 7) is 6.47. The zero-order valence-electron chi connectivity index (χ0n) is 14.2. The number of para-hydroxylation sites is 1. The maximum Gasteiger partial charge on any atom is 0.254 e. The topological polar surface area (TPSA) is 59.5 Å². The Balaban J connectivity index is 1.95. The molecule has 1 aromatic heterocycles. The van der Waals surface area contributed by atoms with Crippen molar-refractivity contribution in [3.63, 3.8) is 0 Å². The summed E-state index contributed by atoms with van der Waals surface area (Å²) < 4.78 is 5.93. The lowest BCUT2D eigenvalue weighted by molar-refractivity contribution is 0.0684. The van der Waals surface area contributed by atoms with Crippen LogP contribution in [-0.4, -0.2) is 17.4 Å². The molecule has 4 heteroatoms. The van der Waals surface area contributed by atoms with Crippen molar-refractivity contribution in [3.8, 4) is 0 Å². The Hall–Kier alpha value is -2.75. The van der Waals surface area contributed by atoms with Crippen LogP contribution in [0.3, 0.4) is 0 Å². The Labute approximate surface area is 141 Å². The highest BCUT2D eigenvalue weighted by Gasteiger charge is 2.25. The molecule has 3 rings (SSSR count). The number of furan rings is 1. The Bertz CT molecular complexity index is 849. The van der Waals surface area contributed by atoms with Crippen LogP contribution in [0.2, 0.25) is 0 Å². The van der Waals surface area contributed by atoms with Gasteiger partial charge in [0.1, 0.15) is 11.3 Å². The van der Waals surface area contributed by atoms with E-state index in [1.54, 1.807) is 11.0 Å². The summed E-state index contributed by atoms with van der Waals surface area (Å²) in [5, 5.41) is 1.04. The maximum absolute atomic E-state index is 13.0. The van der Waals surface area contributed by atoms with Gasteiger partial charge in [-0.05, 0) is 50.6 Å². The Kier molecular flexibility index (Phi) is 4.30. The highest BCUT2D eigenvalue weighted by Crippen LogP contribution is 2.29. The van der Waals surface area contributed by atoms with Crippen molar-refractivity contribution in [3.05, 3.63) is 65.4 Å². The average molecular weight is 322 g/mol. The lowest BCUT2D eigenvalue weighted by Crippen LogP contribution is -2.33. The second-order valence-corrected chi connectivity index (χ2v) is 6.03. The molecule has 1 unspecified atom stereocenters.